The lowest BCUT2D eigenvalue weighted by molar-refractivity contribution is 0.0944. The standard InChI is InChI=1S/C14H13N3O/c1-9-12-11(7-8-15-14(12)18)17-13(16-9)10-5-3-2-4-6-10/h2-6H,7-8H2,1H3,(H,15,18). The number of fused-ring (bicyclic) bond motifs is 1. The maximum atomic E-state index is 11.8. The van der Waals surface area contributed by atoms with Crippen molar-refractivity contribution in [1.82, 2.24) is 15.3 Å². The van der Waals surface area contributed by atoms with Crippen molar-refractivity contribution in [3.05, 3.63) is 47.3 Å². The van der Waals surface area contributed by atoms with Gasteiger partial charge in [0.05, 0.1) is 17.0 Å². The van der Waals surface area contributed by atoms with E-state index in [9.17, 15) is 4.79 Å². The molecule has 0 spiro atoms. The molecular formula is C14H13N3O. The van der Waals surface area contributed by atoms with Crippen molar-refractivity contribution in [3.63, 3.8) is 0 Å². The zero-order chi connectivity index (χ0) is 12.5. The van der Waals surface area contributed by atoms with E-state index >= 15 is 0 Å². The van der Waals surface area contributed by atoms with Crippen LogP contribution in [0.1, 0.15) is 21.7 Å². The number of benzene rings is 1. The third-order valence-corrected chi connectivity index (χ3v) is 3.07. The second-order valence-electron chi connectivity index (χ2n) is 4.33. The van der Waals surface area contributed by atoms with E-state index in [4.69, 9.17) is 0 Å². The summed E-state index contributed by atoms with van der Waals surface area (Å²) in [6.45, 7) is 2.51. The molecule has 1 aromatic carbocycles. The average molecular weight is 239 g/mol. The number of carbonyl (C=O) groups is 1. The summed E-state index contributed by atoms with van der Waals surface area (Å²) in [4.78, 5) is 20.7. The summed E-state index contributed by atoms with van der Waals surface area (Å²) >= 11 is 0. The average Bonchev–Trinajstić information content (AvgIpc) is 2.39. The van der Waals surface area contributed by atoms with Gasteiger partial charge in [0.1, 0.15) is 0 Å². The monoisotopic (exact) mass is 239 g/mol. The molecule has 0 saturated heterocycles. The lowest BCUT2D eigenvalue weighted by Crippen LogP contribution is -2.33. The van der Waals surface area contributed by atoms with Crippen LogP contribution in [0.25, 0.3) is 11.4 Å². The van der Waals surface area contributed by atoms with Gasteiger partial charge in [-0.25, -0.2) is 9.97 Å². The molecule has 0 unspecified atom stereocenters. The Kier molecular flexibility index (Phi) is 2.55. The molecule has 1 aliphatic rings. The van der Waals surface area contributed by atoms with E-state index in [-0.39, 0.29) is 5.91 Å². The van der Waals surface area contributed by atoms with Crippen molar-refractivity contribution in [2.75, 3.05) is 6.54 Å². The molecule has 18 heavy (non-hydrogen) atoms. The van der Waals surface area contributed by atoms with Crippen LogP contribution in [0, 0.1) is 6.92 Å². The predicted octanol–water partition coefficient (Wildman–Crippen LogP) is 1.74. The minimum atomic E-state index is -0.0617. The molecule has 4 nitrogen and oxygen atoms in total. The Labute approximate surface area is 105 Å². The van der Waals surface area contributed by atoms with E-state index in [2.05, 4.69) is 15.3 Å². The van der Waals surface area contributed by atoms with Gasteiger partial charge in [0.25, 0.3) is 5.91 Å². The molecule has 0 aliphatic carbocycles. The first kappa shape index (κ1) is 10.9. The van der Waals surface area contributed by atoms with Crippen molar-refractivity contribution in [3.8, 4) is 11.4 Å². The summed E-state index contributed by atoms with van der Waals surface area (Å²) in [7, 11) is 0. The smallest absolute Gasteiger partial charge is 0.254 e. The van der Waals surface area contributed by atoms with Crippen LogP contribution in [-0.4, -0.2) is 22.4 Å². The highest BCUT2D eigenvalue weighted by Crippen LogP contribution is 2.20. The molecule has 0 bridgehead atoms. The van der Waals surface area contributed by atoms with E-state index in [1.165, 1.54) is 0 Å². The molecule has 90 valence electrons. The van der Waals surface area contributed by atoms with Crippen molar-refractivity contribution in [2.45, 2.75) is 13.3 Å². The van der Waals surface area contributed by atoms with Gasteiger partial charge in [0, 0.05) is 18.5 Å². The Balaban J connectivity index is 2.15. The third kappa shape index (κ3) is 1.76. The largest absolute Gasteiger partial charge is 0.352 e. The molecule has 1 amide bonds. The number of nitrogens with zero attached hydrogens (tertiary/aromatic N) is 2. The van der Waals surface area contributed by atoms with Gasteiger partial charge in [-0.15, -0.1) is 0 Å². The fourth-order valence-corrected chi connectivity index (χ4v) is 2.21. The number of hydrogen-bond acceptors (Lipinski definition) is 3. The van der Waals surface area contributed by atoms with Crippen LogP contribution in [0.2, 0.25) is 0 Å². The number of hydrogen-bond donors (Lipinski definition) is 1. The highest BCUT2D eigenvalue weighted by atomic mass is 16.1. The van der Waals surface area contributed by atoms with Crippen LogP contribution in [0.15, 0.2) is 30.3 Å². The normalized spacial score (nSPS) is 13.9. The molecule has 0 saturated carbocycles. The quantitative estimate of drug-likeness (QED) is 0.824. The fraction of sp³-hybridized carbons (Fsp3) is 0.214. The van der Waals surface area contributed by atoms with Crippen LogP contribution >= 0.6 is 0 Å². The Bertz CT molecular complexity index is 608. The lowest BCUT2D eigenvalue weighted by Gasteiger charge is -2.17. The highest BCUT2D eigenvalue weighted by Gasteiger charge is 2.22. The zero-order valence-corrected chi connectivity index (χ0v) is 10.1. The maximum Gasteiger partial charge on any atom is 0.254 e. The van der Waals surface area contributed by atoms with Crippen LogP contribution in [0.4, 0.5) is 0 Å². The lowest BCUT2D eigenvalue weighted by atomic mass is 10.0. The summed E-state index contributed by atoms with van der Waals surface area (Å²) in [5.41, 5.74) is 3.22. The molecule has 3 rings (SSSR count). The summed E-state index contributed by atoms with van der Waals surface area (Å²) in [5, 5.41) is 2.82. The SMILES string of the molecule is Cc1nc(-c2ccccc2)nc2c1C(=O)NCC2. The summed E-state index contributed by atoms with van der Waals surface area (Å²) in [5.74, 6) is 0.634. The fourth-order valence-electron chi connectivity index (χ4n) is 2.21. The Morgan fingerprint density at radius 1 is 1.17 bits per heavy atom. The van der Waals surface area contributed by atoms with Crippen LogP contribution in [0.5, 0.6) is 0 Å². The second kappa shape index (κ2) is 4.22. The molecule has 1 aliphatic heterocycles. The van der Waals surface area contributed by atoms with Crippen molar-refractivity contribution >= 4 is 5.91 Å². The van der Waals surface area contributed by atoms with Crippen molar-refractivity contribution in [2.24, 2.45) is 0 Å². The number of aromatic nitrogens is 2. The minimum Gasteiger partial charge on any atom is -0.352 e. The van der Waals surface area contributed by atoms with Gasteiger partial charge < -0.3 is 5.32 Å². The molecule has 0 atom stereocenters. The molecule has 2 heterocycles. The Morgan fingerprint density at radius 2 is 1.94 bits per heavy atom. The van der Waals surface area contributed by atoms with Crippen LogP contribution in [0.3, 0.4) is 0 Å². The van der Waals surface area contributed by atoms with E-state index in [1.54, 1.807) is 0 Å². The first-order valence-corrected chi connectivity index (χ1v) is 5.97. The number of carbonyl (C=O) groups excluding carboxylic acids is 1. The van der Waals surface area contributed by atoms with Gasteiger partial charge in [-0.05, 0) is 6.92 Å². The molecular weight excluding hydrogens is 226 g/mol. The van der Waals surface area contributed by atoms with Crippen molar-refractivity contribution < 1.29 is 4.79 Å². The number of aryl methyl sites for hydroxylation is 1. The molecule has 1 aromatic heterocycles. The highest BCUT2D eigenvalue weighted by molar-refractivity contribution is 5.97. The third-order valence-electron chi connectivity index (χ3n) is 3.07. The predicted molar refractivity (Wildman–Crippen MR) is 68.2 cm³/mol. The van der Waals surface area contributed by atoms with Crippen molar-refractivity contribution in [1.29, 1.82) is 0 Å². The first-order chi connectivity index (χ1) is 8.75. The summed E-state index contributed by atoms with van der Waals surface area (Å²) in [6, 6.07) is 9.83. The van der Waals surface area contributed by atoms with Crippen LogP contribution in [-0.2, 0) is 6.42 Å². The number of rotatable bonds is 1. The van der Waals surface area contributed by atoms with Gasteiger partial charge in [0.15, 0.2) is 5.82 Å². The molecule has 0 fully saturated rings. The summed E-state index contributed by atoms with van der Waals surface area (Å²) < 4.78 is 0. The first-order valence-electron chi connectivity index (χ1n) is 5.97. The van der Waals surface area contributed by atoms with E-state index in [0.29, 0.717) is 17.9 Å². The molecule has 1 N–H and O–H groups in total. The Morgan fingerprint density at radius 3 is 2.72 bits per heavy atom. The van der Waals surface area contributed by atoms with Crippen LogP contribution < -0.4 is 5.32 Å². The van der Waals surface area contributed by atoms with Gasteiger partial charge in [-0.2, -0.15) is 0 Å². The number of amides is 1. The zero-order valence-electron chi connectivity index (χ0n) is 10.1. The Hall–Kier alpha value is -2.23. The minimum absolute atomic E-state index is 0.0617. The van der Waals surface area contributed by atoms with Gasteiger partial charge in [0.2, 0.25) is 0 Å². The van der Waals surface area contributed by atoms with Gasteiger partial charge in [-0.1, -0.05) is 30.3 Å². The van der Waals surface area contributed by atoms with Gasteiger partial charge in [-0.3, -0.25) is 4.79 Å². The molecule has 0 radical (unpaired) electrons. The maximum absolute atomic E-state index is 11.8. The topological polar surface area (TPSA) is 54.9 Å². The number of nitrogens with one attached hydrogen (secondary N) is 1. The molecule has 4 heteroatoms. The van der Waals surface area contributed by atoms with E-state index in [1.807, 2.05) is 37.3 Å². The van der Waals surface area contributed by atoms with E-state index in [0.717, 1.165) is 23.4 Å². The second-order valence-corrected chi connectivity index (χ2v) is 4.33. The van der Waals surface area contributed by atoms with E-state index < -0.39 is 0 Å². The molecule has 2 aromatic rings. The summed E-state index contributed by atoms with van der Waals surface area (Å²) in [6.07, 6.45) is 0.768. The van der Waals surface area contributed by atoms with Gasteiger partial charge >= 0.3 is 0 Å².